The molecule has 0 unspecified atom stereocenters. The van der Waals surface area contributed by atoms with Crippen molar-refractivity contribution in [2.45, 2.75) is 19.9 Å². The van der Waals surface area contributed by atoms with Crippen molar-refractivity contribution in [3.8, 4) is 0 Å². The van der Waals surface area contributed by atoms with E-state index in [2.05, 4.69) is 17.7 Å². The molecular formula is C19H17Cl2NO2. The minimum absolute atomic E-state index is 0.252. The highest BCUT2D eigenvalue weighted by Crippen LogP contribution is 2.28. The van der Waals surface area contributed by atoms with Crippen LogP contribution < -0.4 is 0 Å². The molecule has 0 bridgehead atoms. The lowest BCUT2D eigenvalue weighted by Crippen LogP contribution is -2.05. The Kier molecular flexibility index (Phi) is 4.83. The quantitative estimate of drug-likeness (QED) is 0.610. The Morgan fingerprint density at radius 3 is 2.54 bits per heavy atom. The molecule has 5 heteroatoms. The predicted molar refractivity (Wildman–Crippen MR) is 98.0 cm³/mol. The Balaban J connectivity index is 2.04. The van der Waals surface area contributed by atoms with Gasteiger partial charge in [0.1, 0.15) is 0 Å². The summed E-state index contributed by atoms with van der Waals surface area (Å²) in [5, 5.41) is 2.44. The summed E-state index contributed by atoms with van der Waals surface area (Å²) in [6.45, 7) is 2.64. The summed E-state index contributed by atoms with van der Waals surface area (Å²) in [4.78, 5) is 11.5. The van der Waals surface area contributed by atoms with E-state index in [0.29, 0.717) is 16.6 Å². The number of nitrogens with zero attached hydrogens (tertiary/aromatic N) is 1. The predicted octanol–water partition coefficient (Wildman–Crippen LogP) is 5.02. The van der Waals surface area contributed by atoms with Gasteiger partial charge in [-0.1, -0.05) is 41.4 Å². The summed E-state index contributed by atoms with van der Waals surface area (Å²) in [5.74, 6) is -0.252. The number of hydrogen-bond acceptors (Lipinski definition) is 2. The molecule has 3 nitrogen and oxygen atoms in total. The van der Waals surface area contributed by atoms with Crippen molar-refractivity contribution >= 4 is 40.1 Å². The van der Waals surface area contributed by atoms with Crippen LogP contribution in [0.15, 0.2) is 42.6 Å². The average Bonchev–Trinajstić information content (AvgIpc) is 2.86. The zero-order valence-corrected chi connectivity index (χ0v) is 15.0. The first-order valence-corrected chi connectivity index (χ1v) is 8.33. The van der Waals surface area contributed by atoms with E-state index in [9.17, 15) is 4.79 Å². The Labute approximate surface area is 150 Å². The molecule has 1 heterocycles. The highest BCUT2D eigenvalue weighted by atomic mass is 35.5. The third-order valence-electron chi connectivity index (χ3n) is 4.11. The van der Waals surface area contributed by atoms with Crippen LogP contribution >= 0.6 is 23.2 Å². The molecule has 24 heavy (non-hydrogen) atoms. The topological polar surface area (TPSA) is 31.2 Å². The van der Waals surface area contributed by atoms with Crippen molar-refractivity contribution in [1.29, 1.82) is 0 Å². The number of esters is 1. The second-order valence-electron chi connectivity index (χ2n) is 5.74. The molecule has 0 saturated carbocycles. The van der Waals surface area contributed by atoms with Gasteiger partial charge in [0, 0.05) is 32.7 Å². The van der Waals surface area contributed by atoms with Gasteiger partial charge >= 0.3 is 5.97 Å². The minimum atomic E-state index is -0.252. The lowest BCUT2D eigenvalue weighted by molar-refractivity contribution is -0.139. The van der Waals surface area contributed by atoms with E-state index in [0.717, 1.165) is 27.6 Å². The first kappa shape index (κ1) is 16.9. The van der Waals surface area contributed by atoms with Gasteiger partial charge in [-0.15, -0.1) is 0 Å². The Bertz CT molecular complexity index is 895. The molecule has 2 aromatic carbocycles. The van der Waals surface area contributed by atoms with E-state index < -0.39 is 0 Å². The molecule has 0 N–H and O–H groups in total. The van der Waals surface area contributed by atoms with Gasteiger partial charge < -0.3 is 9.30 Å². The van der Waals surface area contributed by atoms with Crippen LogP contribution in [0.3, 0.4) is 0 Å². The number of carbonyl (C=O) groups excluding carboxylic acids is 1. The van der Waals surface area contributed by atoms with Crippen LogP contribution in [0, 0.1) is 6.92 Å². The summed E-state index contributed by atoms with van der Waals surface area (Å²) in [6.07, 6.45) is 2.33. The molecule has 0 aliphatic heterocycles. The van der Waals surface area contributed by atoms with Gasteiger partial charge in [0.05, 0.1) is 20.1 Å². The summed E-state index contributed by atoms with van der Waals surface area (Å²) in [5.41, 5.74) is 4.01. The summed E-state index contributed by atoms with van der Waals surface area (Å²) >= 11 is 12.6. The van der Waals surface area contributed by atoms with E-state index in [1.54, 1.807) is 0 Å². The number of halogens is 2. The molecule has 3 rings (SSSR count). The lowest BCUT2D eigenvalue weighted by atomic mass is 10.1. The van der Waals surface area contributed by atoms with Crippen LogP contribution in [0.5, 0.6) is 0 Å². The van der Waals surface area contributed by atoms with E-state index in [1.165, 1.54) is 7.11 Å². The van der Waals surface area contributed by atoms with Gasteiger partial charge in [-0.25, -0.2) is 0 Å². The number of rotatable bonds is 4. The first-order valence-electron chi connectivity index (χ1n) is 7.57. The van der Waals surface area contributed by atoms with Crippen LogP contribution in [0.4, 0.5) is 0 Å². The molecule has 0 aliphatic carbocycles. The van der Waals surface area contributed by atoms with Crippen molar-refractivity contribution in [1.82, 2.24) is 4.57 Å². The van der Waals surface area contributed by atoms with E-state index in [4.69, 9.17) is 27.9 Å². The molecule has 0 fully saturated rings. The zero-order valence-electron chi connectivity index (χ0n) is 13.5. The van der Waals surface area contributed by atoms with Crippen LogP contribution in [0.2, 0.25) is 10.0 Å². The largest absolute Gasteiger partial charge is 0.469 e. The molecule has 0 atom stereocenters. The lowest BCUT2D eigenvalue weighted by Gasteiger charge is -2.10. The fourth-order valence-electron chi connectivity index (χ4n) is 2.85. The van der Waals surface area contributed by atoms with Crippen molar-refractivity contribution in [2.75, 3.05) is 7.11 Å². The van der Waals surface area contributed by atoms with Gasteiger partial charge in [0.25, 0.3) is 0 Å². The number of methoxy groups -OCH3 is 1. The zero-order chi connectivity index (χ0) is 17.3. The van der Waals surface area contributed by atoms with Crippen molar-refractivity contribution < 1.29 is 9.53 Å². The van der Waals surface area contributed by atoms with Gasteiger partial charge in [-0.05, 0) is 36.2 Å². The highest BCUT2D eigenvalue weighted by molar-refractivity contribution is 6.36. The SMILES string of the molecule is COC(=O)Cc1ccc2c(C)cn(Cc3c(Cl)cccc3Cl)c2c1. The van der Waals surface area contributed by atoms with Crippen molar-refractivity contribution in [3.05, 3.63) is 69.3 Å². The first-order chi connectivity index (χ1) is 11.5. The van der Waals surface area contributed by atoms with Crippen molar-refractivity contribution in [2.24, 2.45) is 0 Å². The normalized spacial score (nSPS) is 11.0. The minimum Gasteiger partial charge on any atom is -0.469 e. The summed E-state index contributed by atoms with van der Waals surface area (Å²) in [6, 6.07) is 11.5. The Morgan fingerprint density at radius 2 is 1.88 bits per heavy atom. The van der Waals surface area contributed by atoms with Crippen LogP contribution in [0.1, 0.15) is 16.7 Å². The van der Waals surface area contributed by atoms with Gasteiger partial charge in [-0.3, -0.25) is 4.79 Å². The smallest absolute Gasteiger partial charge is 0.309 e. The second kappa shape index (κ2) is 6.88. The van der Waals surface area contributed by atoms with Gasteiger partial charge in [-0.2, -0.15) is 0 Å². The molecule has 0 saturated heterocycles. The van der Waals surface area contributed by atoms with Crippen LogP contribution in [-0.2, 0) is 22.5 Å². The van der Waals surface area contributed by atoms with Crippen LogP contribution in [0.25, 0.3) is 10.9 Å². The fourth-order valence-corrected chi connectivity index (χ4v) is 3.37. The van der Waals surface area contributed by atoms with E-state index >= 15 is 0 Å². The molecule has 0 radical (unpaired) electrons. The number of aryl methyl sites for hydroxylation is 1. The van der Waals surface area contributed by atoms with Crippen molar-refractivity contribution in [3.63, 3.8) is 0 Å². The molecule has 3 aromatic rings. The highest BCUT2D eigenvalue weighted by Gasteiger charge is 2.12. The van der Waals surface area contributed by atoms with Gasteiger partial charge in [0.15, 0.2) is 0 Å². The third kappa shape index (κ3) is 3.28. The van der Waals surface area contributed by atoms with Crippen LogP contribution in [-0.4, -0.2) is 17.6 Å². The standard InChI is InChI=1S/C19H17Cl2NO2/c1-12-10-22(11-15-16(20)4-3-5-17(15)21)18-8-13(6-7-14(12)18)9-19(23)24-2/h3-8,10H,9,11H2,1-2H3. The number of aromatic nitrogens is 1. The Morgan fingerprint density at radius 1 is 1.17 bits per heavy atom. The van der Waals surface area contributed by atoms with Gasteiger partial charge in [0.2, 0.25) is 0 Å². The molecule has 124 valence electrons. The Hall–Kier alpha value is -1.97. The maximum absolute atomic E-state index is 11.5. The fraction of sp³-hybridized carbons (Fsp3) is 0.211. The number of hydrogen-bond donors (Lipinski definition) is 0. The number of benzene rings is 2. The maximum Gasteiger partial charge on any atom is 0.309 e. The molecule has 1 aromatic heterocycles. The summed E-state index contributed by atoms with van der Waals surface area (Å²) in [7, 11) is 1.40. The third-order valence-corrected chi connectivity index (χ3v) is 4.82. The number of fused-ring (bicyclic) bond motifs is 1. The number of carbonyl (C=O) groups is 1. The second-order valence-corrected chi connectivity index (χ2v) is 6.56. The number of ether oxygens (including phenoxy) is 1. The monoisotopic (exact) mass is 361 g/mol. The average molecular weight is 362 g/mol. The van der Waals surface area contributed by atoms with E-state index in [-0.39, 0.29) is 12.4 Å². The molecular weight excluding hydrogens is 345 g/mol. The maximum atomic E-state index is 11.5. The van der Waals surface area contributed by atoms with E-state index in [1.807, 2.05) is 36.4 Å². The summed E-state index contributed by atoms with van der Waals surface area (Å²) < 4.78 is 6.86. The molecule has 0 amide bonds. The molecule has 0 aliphatic rings. The molecule has 0 spiro atoms.